The Bertz CT molecular complexity index is 1410. The Morgan fingerprint density at radius 3 is 2.50 bits per heavy atom. The number of furan rings is 1. The number of nitrogens with zero attached hydrogens (tertiary/aromatic N) is 5. The Kier molecular flexibility index (Phi) is 8.27. The lowest BCUT2D eigenvalue weighted by Crippen LogP contribution is -2.19. The third-order valence-corrected chi connectivity index (χ3v) is 5.49. The van der Waals surface area contributed by atoms with Crippen LogP contribution in [0.15, 0.2) is 46.9 Å². The first-order valence-electron chi connectivity index (χ1n) is 12.1. The molecule has 0 radical (unpaired) electrons. The van der Waals surface area contributed by atoms with E-state index in [4.69, 9.17) is 18.6 Å². The monoisotopic (exact) mass is 520 g/mol. The molecule has 38 heavy (non-hydrogen) atoms. The number of benzene rings is 1. The first kappa shape index (κ1) is 26.7. The van der Waals surface area contributed by atoms with Crippen molar-refractivity contribution in [3.63, 3.8) is 0 Å². The van der Waals surface area contributed by atoms with Crippen molar-refractivity contribution in [3.8, 4) is 28.9 Å². The van der Waals surface area contributed by atoms with E-state index in [9.17, 15) is 4.79 Å². The quantitative estimate of drug-likeness (QED) is 0.301. The molecule has 0 atom stereocenters. The summed E-state index contributed by atoms with van der Waals surface area (Å²) in [4.78, 5) is 23.6. The van der Waals surface area contributed by atoms with Gasteiger partial charge < -0.3 is 23.5 Å². The predicted molar refractivity (Wildman–Crippen MR) is 142 cm³/mol. The number of aromatic nitrogens is 4. The van der Waals surface area contributed by atoms with Crippen LogP contribution in [-0.2, 0) is 11.3 Å². The number of amides is 1. The second-order valence-electron chi connectivity index (χ2n) is 8.97. The molecule has 1 N–H and O–H groups in total. The topological polar surface area (TPSA) is 117 Å². The number of carbonyl (C=O) groups excluding carboxylic acids is 1. The summed E-state index contributed by atoms with van der Waals surface area (Å²) >= 11 is 0. The molecule has 4 aromatic rings. The van der Waals surface area contributed by atoms with E-state index >= 15 is 0 Å². The predicted octanol–water partition coefficient (Wildman–Crippen LogP) is 4.55. The molecule has 0 saturated heterocycles. The summed E-state index contributed by atoms with van der Waals surface area (Å²) in [5, 5.41) is 7.16. The van der Waals surface area contributed by atoms with E-state index < -0.39 is 6.09 Å². The molecule has 11 heteroatoms. The minimum absolute atomic E-state index is 0.0318. The van der Waals surface area contributed by atoms with Gasteiger partial charge in [-0.15, -0.1) is 0 Å². The van der Waals surface area contributed by atoms with Gasteiger partial charge >= 0.3 is 6.09 Å². The number of anilines is 1. The maximum absolute atomic E-state index is 12.6. The fourth-order valence-corrected chi connectivity index (χ4v) is 3.90. The third kappa shape index (κ3) is 6.48. The summed E-state index contributed by atoms with van der Waals surface area (Å²) < 4.78 is 24.1. The lowest BCUT2D eigenvalue weighted by Gasteiger charge is -2.18. The highest BCUT2D eigenvalue weighted by Crippen LogP contribution is 2.29. The zero-order valence-electron chi connectivity index (χ0n) is 22.4. The zero-order chi connectivity index (χ0) is 27.2. The highest BCUT2D eigenvalue weighted by atomic mass is 16.6. The fourth-order valence-electron chi connectivity index (χ4n) is 3.90. The number of rotatable bonds is 10. The van der Waals surface area contributed by atoms with E-state index in [1.165, 1.54) is 0 Å². The number of ether oxygens (including phenoxy) is 3. The van der Waals surface area contributed by atoms with Crippen LogP contribution in [0, 0.1) is 20.8 Å². The molecule has 0 spiro atoms. The fraction of sp³-hybridized carbons (Fsp3) is 0.333. The molecular weight excluding hydrogens is 488 g/mol. The number of aryl methyl sites for hydroxylation is 3. The SMILES string of the molecule is COc1cccc(OCCOC(=O)Nc2cc(-n3nc(C)cc3C)nc(-c3ccc(C)o3)n2)c1CN(C)C. The van der Waals surface area contributed by atoms with Crippen LogP contribution in [0.3, 0.4) is 0 Å². The summed E-state index contributed by atoms with van der Waals surface area (Å²) in [5.74, 6) is 3.65. The third-order valence-electron chi connectivity index (χ3n) is 5.49. The molecule has 0 unspecified atom stereocenters. The van der Waals surface area contributed by atoms with Gasteiger partial charge in [0.25, 0.3) is 0 Å². The minimum atomic E-state index is -0.674. The highest BCUT2D eigenvalue weighted by molar-refractivity contribution is 5.83. The lowest BCUT2D eigenvalue weighted by atomic mass is 10.1. The number of carbonyl (C=O) groups is 1. The Labute approximate surface area is 221 Å². The van der Waals surface area contributed by atoms with Gasteiger partial charge in [-0.25, -0.2) is 19.4 Å². The second-order valence-corrected chi connectivity index (χ2v) is 8.97. The van der Waals surface area contributed by atoms with E-state index in [1.54, 1.807) is 23.9 Å². The number of nitrogens with one attached hydrogen (secondary N) is 1. The Hall–Kier alpha value is -4.38. The van der Waals surface area contributed by atoms with E-state index in [-0.39, 0.29) is 19.0 Å². The number of methoxy groups -OCH3 is 1. The second kappa shape index (κ2) is 11.8. The molecule has 0 aliphatic rings. The van der Waals surface area contributed by atoms with Crippen molar-refractivity contribution in [1.29, 1.82) is 0 Å². The summed E-state index contributed by atoms with van der Waals surface area (Å²) in [5.41, 5.74) is 2.65. The van der Waals surface area contributed by atoms with Crippen molar-refractivity contribution in [2.45, 2.75) is 27.3 Å². The first-order valence-corrected chi connectivity index (χ1v) is 12.1. The molecule has 0 bridgehead atoms. The standard InChI is InChI=1S/C27H32N6O5/c1-17-14-18(2)33(31-17)25-15-24(28-26(30-25)23-11-10-19(3)38-23)29-27(34)37-13-12-36-22-9-7-8-21(35-6)20(22)16-32(4)5/h7-11,14-15H,12-13,16H2,1-6H3,(H,28,29,30,34). The van der Waals surface area contributed by atoms with Crippen LogP contribution in [-0.4, -0.2) is 65.2 Å². The normalized spacial score (nSPS) is 11.0. The Morgan fingerprint density at radius 1 is 1.05 bits per heavy atom. The molecule has 0 aliphatic carbocycles. The molecule has 3 heterocycles. The molecule has 0 saturated carbocycles. The summed E-state index contributed by atoms with van der Waals surface area (Å²) in [6, 6.07) is 12.8. The van der Waals surface area contributed by atoms with Gasteiger partial charge in [-0.2, -0.15) is 5.10 Å². The van der Waals surface area contributed by atoms with E-state index in [1.807, 2.05) is 70.1 Å². The highest BCUT2D eigenvalue weighted by Gasteiger charge is 2.16. The smallest absolute Gasteiger partial charge is 0.412 e. The van der Waals surface area contributed by atoms with Crippen LogP contribution in [0.5, 0.6) is 11.5 Å². The van der Waals surface area contributed by atoms with Crippen molar-refractivity contribution in [1.82, 2.24) is 24.6 Å². The average molecular weight is 521 g/mol. The summed E-state index contributed by atoms with van der Waals surface area (Å²) in [6.07, 6.45) is -0.674. The molecule has 3 aromatic heterocycles. The maximum Gasteiger partial charge on any atom is 0.412 e. The van der Waals surface area contributed by atoms with E-state index in [0.717, 1.165) is 28.5 Å². The molecule has 0 fully saturated rings. The van der Waals surface area contributed by atoms with Gasteiger partial charge in [-0.05, 0) is 65.2 Å². The van der Waals surface area contributed by atoms with Gasteiger partial charge in [0.05, 0.1) is 18.4 Å². The molecule has 0 aliphatic heterocycles. The van der Waals surface area contributed by atoms with Crippen molar-refractivity contribution in [3.05, 3.63) is 65.2 Å². The lowest BCUT2D eigenvalue weighted by molar-refractivity contribution is 0.137. The van der Waals surface area contributed by atoms with Crippen LogP contribution in [0.2, 0.25) is 0 Å². The van der Waals surface area contributed by atoms with Crippen LogP contribution >= 0.6 is 0 Å². The van der Waals surface area contributed by atoms with Gasteiger partial charge in [0, 0.05) is 18.3 Å². The number of hydrogen-bond acceptors (Lipinski definition) is 9. The molecule has 1 aromatic carbocycles. The van der Waals surface area contributed by atoms with Crippen LogP contribution in [0.1, 0.15) is 22.7 Å². The van der Waals surface area contributed by atoms with Crippen molar-refractivity contribution in [2.24, 2.45) is 0 Å². The van der Waals surface area contributed by atoms with Crippen molar-refractivity contribution >= 4 is 11.9 Å². The van der Waals surface area contributed by atoms with E-state index in [2.05, 4.69) is 20.4 Å². The Balaban J connectivity index is 1.44. The van der Waals surface area contributed by atoms with Crippen LogP contribution < -0.4 is 14.8 Å². The molecule has 11 nitrogen and oxygen atoms in total. The average Bonchev–Trinajstić information content (AvgIpc) is 3.46. The van der Waals surface area contributed by atoms with Gasteiger partial charge in [0.2, 0.25) is 0 Å². The van der Waals surface area contributed by atoms with Gasteiger partial charge in [0.15, 0.2) is 17.4 Å². The van der Waals surface area contributed by atoms with Gasteiger partial charge in [0.1, 0.15) is 36.3 Å². The van der Waals surface area contributed by atoms with E-state index in [0.29, 0.717) is 29.7 Å². The number of hydrogen-bond donors (Lipinski definition) is 1. The largest absolute Gasteiger partial charge is 0.496 e. The Morgan fingerprint density at radius 2 is 1.84 bits per heavy atom. The van der Waals surface area contributed by atoms with Gasteiger partial charge in [-0.1, -0.05) is 6.07 Å². The molecule has 1 amide bonds. The molecule has 4 rings (SSSR count). The van der Waals surface area contributed by atoms with Crippen LogP contribution in [0.4, 0.5) is 10.6 Å². The van der Waals surface area contributed by atoms with Crippen molar-refractivity contribution < 1.29 is 23.4 Å². The first-order chi connectivity index (χ1) is 18.2. The van der Waals surface area contributed by atoms with Crippen molar-refractivity contribution in [2.75, 3.05) is 39.7 Å². The van der Waals surface area contributed by atoms with Gasteiger partial charge in [-0.3, -0.25) is 5.32 Å². The molecule has 200 valence electrons. The minimum Gasteiger partial charge on any atom is -0.496 e. The summed E-state index contributed by atoms with van der Waals surface area (Å²) in [6.45, 7) is 6.50. The van der Waals surface area contributed by atoms with Crippen LogP contribution in [0.25, 0.3) is 17.4 Å². The molecular formula is C27H32N6O5. The maximum atomic E-state index is 12.6. The summed E-state index contributed by atoms with van der Waals surface area (Å²) in [7, 11) is 5.56. The zero-order valence-corrected chi connectivity index (χ0v) is 22.4.